The minimum atomic E-state index is 0.221. The molecule has 0 bridgehead atoms. The highest BCUT2D eigenvalue weighted by Gasteiger charge is 2.14. The molecule has 4 aromatic rings. The van der Waals surface area contributed by atoms with Gasteiger partial charge in [-0.3, -0.25) is 0 Å². The largest absolute Gasteiger partial charge is 0.485 e. The Morgan fingerprint density at radius 2 is 1.72 bits per heavy atom. The first-order valence-electron chi connectivity index (χ1n) is 9.60. The van der Waals surface area contributed by atoms with E-state index in [1.807, 2.05) is 42.8 Å². The van der Waals surface area contributed by atoms with Gasteiger partial charge in [0, 0.05) is 17.5 Å². The van der Waals surface area contributed by atoms with Crippen LogP contribution in [-0.2, 0) is 6.61 Å². The van der Waals surface area contributed by atoms with Crippen molar-refractivity contribution in [2.45, 2.75) is 26.4 Å². The van der Waals surface area contributed by atoms with Gasteiger partial charge in [0.1, 0.15) is 6.61 Å². The average Bonchev–Trinajstić information content (AvgIpc) is 3.18. The van der Waals surface area contributed by atoms with Gasteiger partial charge in [-0.2, -0.15) is 0 Å². The summed E-state index contributed by atoms with van der Waals surface area (Å²) >= 11 is 1.56. The number of anilines is 2. The topological polar surface area (TPSA) is 47.0 Å². The second-order valence-electron chi connectivity index (χ2n) is 6.94. The summed E-state index contributed by atoms with van der Waals surface area (Å²) in [6, 6.07) is 22.7. The van der Waals surface area contributed by atoms with Crippen LogP contribution in [0.25, 0.3) is 0 Å². The summed E-state index contributed by atoms with van der Waals surface area (Å²) in [5.41, 5.74) is 4.46. The van der Waals surface area contributed by atoms with Gasteiger partial charge in [-0.1, -0.05) is 67.6 Å². The number of hydrogen-bond donors (Lipinski definition) is 1. The Morgan fingerprint density at radius 3 is 2.41 bits per heavy atom. The number of benzene rings is 2. The molecule has 0 radical (unpaired) electrons. The smallest absolute Gasteiger partial charge is 0.188 e. The second kappa shape index (κ2) is 8.88. The van der Waals surface area contributed by atoms with Crippen LogP contribution >= 0.6 is 11.3 Å². The molecule has 1 unspecified atom stereocenters. The number of hydrogen-bond acceptors (Lipinski definition) is 5. The number of nitrogens with one attached hydrogen (secondary N) is 1. The number of aromatic nitrogens is 2. The maximum absolute atomic E-state index is 6.18. The summed E-state index contributed by atoms with van der Waals surface area (Å²) in [4.78, 5) is 9.15. The Kier molecular flexibility index (Phi) is 5.86. The van der Waals surface area contributed by atoms with E-state index in [1.165, 1.54) is 5.56 Å². The van der Waals surface area contributed by atoms with Crippen molar-refractivity contribution < 1.29 is 4.74 Å². The molecule has 0 amide bonds. The van der Waals surface area contributed by atoms with Crippen molar-refractivity contribution in [1.29, 1.82) is 0 Å². The Morgan fingerprint density at radius 1 is 1.00 bits per heavy atom. The lowest BCUT2D eigenvalue weighted by Gasteiger charge is -2.16. The summed E-state index contributed by atoms with van der Waals surface area (Å²) in [5.74, 6) is 1.63. The van der Waals surface area contributed by atoms with E-state index in [2.05, 4.69) is 64.7 Å². The standard InChI is InChI=1S/C24H23N3OS/c1-17-16-29-24(26-17)27-23-22(28-15-19-9-5-3-6-10-19)13-21(14-25-23)18(2)20-11-7-4-8-12-20/h3-14,16,18H,15H2,1-2H3,(H,25,26,27). The van der Waals surface area contributed by atoms with E-state index in [0.29, 0.717) is 12.4 Å². The molecule has 1 N–H and O–H groups in total. The van der Waals surface area contributed by atoms with Crippen LogP contribution in [0.2, 0.25) is 0 Å². The molecular formula is C24H23N3OS. The molecule has 0 aliphatic rings. The van der Waals surface area contributed by atoms with Crippen LogP contribution in [0.15, 0.2) is 78.3 Å². The molecule has 0 fully saturated rings. The maximum Gasteiger partial charge on any atom is 0.188 e. The summed E-state index contributed by atoms with van der Waals surface area (Å²) < 4.78 is 6.18. The van der Waals surface area contributed by atoms with E-state index in [9.17, 15) is 0 Å². The van der Waals surface area contributed by atoms with E-state index in [0.717, 1.165) is 27.7 Å². The van der Waals surface area contributed by atoms with E-state index in [4.69, 9.17) is 4.74 Å². The number of aryl methyl sites for hydroxylation is 1. The number of pyridine rings is 1. The minimum absolute atomic E-state index is 0.221. The zero-order valence-electron chi connectivity index (χ0n) is 16.5. The number of thiazole rings is 1. The van der Waals surface area contributed by atoms with Gasteiger partial charge in [-0.05, 0) is 29.7 Å². The molecule has 29 heavy (non-hydrogen) atoms. The van der Waals surface area contributed by atoms with E-state index < -0.39 is 0 Å². The highest BCUT2D eigenvalue weighted by Crippen LogP contribution is 2.33. The predicted octanol–water partition coefficient (Wildman–Crippen LogP) is 6.32. The van der Waals surface area contributed by atoms with Crippen molar-refractivity contribution >= 4 is 22.3 Å². The van der Waals surface area contributed by atoms with Crippen LogP contribution < -0.4 is 10.1 Å². The van der Waals surface area contributed by atoms with Gasteiger partial charge in [0.25, 0.3) is 0 Å². The van der Waals surface area contributed by atoms with Gasteiger partial charge < -0.3 is 10.1 Å². The van der Waals surface area contributed by atoms with Crippen molar-refractivity contribution in [1.82, 2.24) is 9.97 Å². The number of rotatable bonds is 7. The van der Waals surface area contributed by atoms with Crippen LogP contribution in [0.1, 0.15) is 35.2 Å². The molecule has 2 aromatic carbocycles. The van der Waals surface area contributed by atoms with Crippen molar-refractivity contribution in [3.8, 4) is 5.75 Å². The maximum atomic E-state index is 6.18. The fourth-order valence-corrected chi connectivity index (χ4v) is 3.77. The SMILES string of the molecule is Cc1csc(Nc2ncc(C(C)c3ccccc3)cc2OCc2ccccc2)n1. The van der Waals surface area contributed by atoms with E-state index in [1.54, 1.807) is 11.3 Å². The Balaban J connectivity index is 1.62. The lowest BCUT2D eigenvalue weighted by molar-refractivity contribution is 0.306. The van der Waals surface area contributed by atoms with Gasteiger partial charge in [0.15, 0.2) is 16.7 Å². The van der Waals surface area contributed by atoms with Crippen LogP contribution in [0.4, 0.5) is 10.9 Å². The van der Waals surface area contributed by atoms with E-state index in [-0.39, 0.29) is 5.92 Å². The lowest BCUT2D eigenvalue weighted by atomic mass is 9.94. The highest BCUT2D eigenvalue weighted by atomic mass is 32.1. The molecule has 146 valence electrons. The first-order chi connectivity index (χ1) is 14.2. The summed E-state index contributed by atoms with van der Waals surface area (Å²) in [6.45, 7) is 4.65. The Hall–Kier alpha value is -3.18. The molecule has 0 saturated carbocycles. The van der Waals surface area contributed by atoms with Crippen LogP contribution in [0.5, 0.6) is 5.75 Å². The monoisotopic (exact) mass is 401 g/mol. The van der Waals surface area contributed by atoms with Crippen molar-refractivity contribution in [2.24, 2.45) is 0 Å². The second-order valence-corrected chi connectivity index (χ2v) is 7.80. The quantitative estimate of drug-likeness (QED) is 0.393. The zero-order valence-corrected chi connectivity index (χ0v) is 17.3. The molecule has 5 heteroatoms. The van der Waals surface area contributed by atoms with Crippen molar-refractivity contribution in [3.05, 3.63) is 101 Å². The van der Waals surface area contributed by atoms with Gasteiger partial charge in [-0.25, -0.2) is 9.97 Å². The average molecular weight is 402 g/mol. The minimum Gasteiger partial charge on any atom is -0.485 e. The highest BCUT2D eigenvalue weighted by molar-refractivity contribution is 7.13. The molecule has 0 aliphatic heterocycles. The third-order valence-corrected chi connectivity index (χ3v) is 5.63. The molecule has 4 rings (SSSR count). The number of ether oxygens (including phenoxy) is 1. The van der Waals surface area contributed by atoms with Gasteiger partial charge in [-0.15, -0.1) is 11.3 Å². The first-order valence-corrected chi connectivity index (χ1v) is 10.5. The summed E-state index contributed by atoms with van der Waals surface area (Å²) in [5, 5.41) is 6.13. The van der Waals surface area contributed by atoms with Crippen molar-refractivity contribution in [3.63, 3.8) is 0 Å². The van der Waals surface area contributed by atoms with Crippen molar-refractivity contribution in [2.75, 3.05) is 5.32 Å². The molecule has 4 nitrogen and oxygen atoms in total. The van der Waals surface area contributed by atoms with Crippen LogP contribution in [0.3, 0.4) is 0 Å². The summed E-state index contributed by atoms with van der Waals surface area (Å²) in [6.07, 6.45) is 1.91. The van der Waals surface area contributed by atoms with Gasteiger partial charge in [0.05, 0.1) is 5.69 Å². The Bertz CT molecular complexity index is 1060. The molecule has 0 spiro atoms. The molecule has 2 aromatic heterocycles. The molecule has 2 heterocycles. The fourth-order valence-electron chi connectivity index (χ4n) is 3.08. The van der Waals surface area contributed by atoms with Crippen LogP contribution in [0, 0.1) is 6.92 Å². The van der Waals surface area contributed by atoms with Gasteiger partial charge >= 0.3 is 0 Å². The summed E-state index contributed by atoms with van der Waals surface area (Å²) in [7, 11) is 0. The van der Waals surface area contributed by atoms with Crippen LogP contribution in [-0.4, -0.2) is 9.97 Å². The lowest BCUT2D eigenvalue weighted by Crippen LogP contribution is -2.04. The third kappa shape index (κ3) is 4.81. The first kappa shape index (κ1) is 19.2. The Labute approximate surface area is 175 Å². The predicted molar refractivity (Wildman–Crippen MR) is 119 cm³/mol. The molecule has 0 aliphatic carbocycles. The fraction of sp³-hybridized carbons (Fsp3) is 0.167. The molecule has 1 atom stereocenters. The van der Waals surface area contributed by atoms with Gasteiger partial charge in [0.2, 0.25) is 0 Å². The molecule has 0 saturated heterocycles. The third-order valence-electron chi connectivity index (χ3n) is 4.75. The molecular weight excluding hydrogens is 378 g/mol. The number of nitrogens with zero attached hydrogens (tertiary/aromatic N) is 2. The normalized spacial score (nSPS) is 11.8. The zero-order chi connectivity index (χ0) is 20.1. The van der Waals surface area contributed by atoms with E-state index >= 15 is 0 Å².